The van der Waals surface area contributed by atoms with Gasteiger partial charge in [-0.05, 0) is 37.1 Å². The minimum absolute atomic E-state index is 0.176. The third-order valence-corrected chi connectivity index (χ3v) is 6.37. The molecule has 0 N–H and O–H groups in total. The minimum atomic E-state index is -0.368. The van der Waals surface area contributed by atoms with Crippen molar-refractivity contribution in [2.24, 2.45) is 0 Å². The number of nitrogens with zero attached hydrogens (tertiary/aromatic N) is 7. The Bertz CT molecular complexity index is 1520. The Kier molecular flexibility index (Phi) is 4.95. The molecular weight excluding hydrogens is 437 g/mol. The van der Waals surface area contributed by atoms with Gasteiger partial charge in [-0.15, -0.1) is 15.3 Å². The van der Waals surface area contributed by atoms with Crippen LogP contribution in [0.5, 0.6) is 5.75 Å². The molecule has 5 heterocycles. The van der Waals surface area contributed by atoms with Crippen LogP contribution in [-0.2, 0) is 11.3 Å². The van der Waals surface area contributed by atoms with Gasteiger partial charge in [-0.2, -0.15) is 5.10 Å². The molecule has 6 rings (SSSR count). The summed E-state index contributed by atoms with van der Waals surface area (Å²) < 4.78 is 30.2. The van der Waals surface area contributed by atoms with E-state index in [1.54, 1.807) is 31.8 Å². The van der Waals surface area contributed by atoms with E-state index >= 15 is 4.39 Å². The number of ether oxygens (including phenoxy) is 2. The van der Waals surface area contributed by atoms with Crippen LogP contribution >= 0.6 is 0 Å². The number of aromatic nitrogens is 7. The average molecular weight is 459 g/mol. The number of pyridine rings is 1. The molecule has 10 heteroatoms. The lowest BCUT2D eigenvalue weighted by Crippen LogP contribution is -2.04. The van der Waals surface area contributed by atoms with Crippen molar-refractivity contribution in [3.63, 3.8) is 0 Å². The average Bonchev–Trinajstić information content (AvgIpc) is 3.62. The van der Waals surface area contributed by atoms with Gasteiger partial charge >= 0.3 is 0 Å². The summed E-state index contributed by atoms with van der Waals surface area (Å²) in [7, 11) is 1.56. The van der Waals surface area contributed by atoms with Crippen LogP contribution in [0.15, 0.2) is 43.0 Å². The Hall–Kier alpha value is -3.92. The second-order valence-electron chi connectivity index (χ2n) is 8.23. The first-order valence-electron chi connectivity index (χ1n) is 11.2. The van der Waals surface area contributed by atoms with Crippen molar-refractivity contribution in [2.75, 3.05) is 20.3 Å². The van der Waals surface area contributed by atoms with E-state index in [-0.39, 0.29) is 11.7 Å². The molecule has 0 aliphatic carbocycles. The highest BCUT2D eigenvalue weighted by atomic mass is 19.1. The highest BCUT2D eigenvalue weighted by Gasteiger charge is 2.25. The molecule has 1 aromatic carbocycles. The van der Waals surface area contributed by atoms with Crippen LogP contribution in [0.3, 0.4) is 0 Å². The molecule has 34 heavy (non-hydrogen) atoms. The highest BCUT2D eigenvalue weighted by Crippen LogP contribution is 2.38. The predicted octanol–water partition coefficient (Wildman–Crippen LogP) is 3.87. The molecule has 1 aliphatic heterocycles. The van der Waals surface area contributed by atoms with Crippen LogP contribution in [0.1, 0.15) is 25.1 Å². The van der Waals surface area contributed by atoms with Gasteiger partial charge in [0.2, 0.25) is 5.65 Å². The second kappa shape index (κ2) is 8.14. The fourth-order valence-electron chi connectivity index (χ4n) is 4.60. The van der Waals surface area contributed by atoms with E-state index in [0.29, 0.717) is 41.4 Å². The van der Waals surface area contributed by atoms with Crippen LogP contribution in [-0.4, -0.2) is 54.7 Å². The molecule has 9 nitrogen and oxygen atoms in total. The first-order chi connectivity index (χ1) is 16.7. The van der Waals surface area contributed by atoms with Gasteiger partial charge in [0, 0.05) is 42.0 Å². The lowest BCUT2D eigenvalue weighted by molar-refractivity contribution is 0.193. The molecule has 0 spiro atoms. The van der Waals surface area contributed by atoms with Crippen molar-refractivity contribution in [1.82, 2.24) is 34.3 Å². The van der Waals surface area contributed by atoms with Crippen LogP contribution < -0.4 is 4.74 Å². The van der Waals surface area contributed by atoms with Gasteiger partial charge < -0.3 is 14.0 Å². The zero-order chi connectivity index (χ0) is 23.2. The molecule has 0 bridgehead atoms. The number of aryl methyl sites for hydroxylation is 1. The maximum Gasteiger partial charge on any atom is 0.203 e. The van der Waals surface area contributed by atoms with E-state index in [0.717, 1.165) is 35.4 Å². The third kappa shape index (κ3) is 3.13. The molecule has 1 unspecified atom stereocenters. The second-order valence-corrected chi connectivity index (χ2v) is 8.23. The van der Waals surface area contributed by atoms with Gasteiger partial charge in [0.05, 0.1) is 26.2 Å². The fraction of sp³-hybridized carbons (Fsp3) is 0.292. The van der Waals surface area contributed by atoms with Crippen LogP contribution in [0.4, 0.5) is 4.39 Å². The summed E-state index contributed by atoms with van der Waals surface area (Å²) in [4.78, 5) is 4.52. The van der Waals surface area contributed by atoms with E-state index < -0.39 is 0 Å². The Labute approximate surface area is 194 Å². The number of fused-ring (bicyclic) bond motifs is 2. The Morgan fingerprint density at radius 2 is 2.03 bits per heavy atom. The summed E-state index contributed by atoms with van der Waals surface area (Å²) >= 11 is 0. The van der Waals surface area contributed by atoms with Crippen LogP contribution in [0, 0.1) is 5.82 Å². The summed E-state index contributed by atoms with van der Waals surface area (Å²) in [5, 5.41) is 17.1. The number of hydrogen-bond acceptors (Lipinski definition) is 7. The number of hydrogen-bond donors (Lipinski definition) is 0. The van der Waals surface area contributed by atoms with Crippen molar-refractivity contribution in [2.45, 2.75) is 25.8 Å². The lowest BCUT2D eigenvalue weighted by atomic mass is 9.99. The maximum atomic E-state index is 15.1. The molecule has 0 saturated carbocycles. The van der Waals surface area contributed by atoms with E-state index in [1.807, 2.05) is 28.2 Å². The summed E-state index contributed by atoms with van der Waals surface area (Å²) in [5.74, 6) is 1.09. The topological polar surface area (TPSA) is 92.2 Å². The minimum Gasteiger partial charge on any atom is -0.492 e. The van der Waals surface area contributed by atoms with Crippen molar-refractivity contribution in [3.8, 4) is 28.0 Å². The SMILES string of the molecule is CCn1cnc2c(-c3ccc(F)c(-c4ccn5c(C6CCOC6)nnc5c4OC)c3)cnnc21. The summed E-state index contributed by atoms with van der Waals surface area (Å²) in [6.07, 6.45) is 6.15. The van der Waals surface area contributed by atoms with Gasteiger partial charge in [0.1, 0.15) is 17.2 Å². The Balaban J connectivity index is 1.50. The Morgan fingerprint density at radius 1 is 1.12 bits per heavy atom. The molecule has 172 valence electrons. The van der Waals surface area contributed by atoms with Gasteiger partial charge in [0.25, 0.3) is 0 Å². The number of benzene rings is 1. The molecule has 4 aromatic heterocycles. The maximum absolute atomic E-state index is 15.1. The zero-order valence-corrected chi connectivity index (χ0v) is 18.8. The summed E-state index contributed by atoms with van der Waals surface area (Å²) in [5.41, 5.74) is 4.50. The molecule has 0 radical (unpaired) electrons. The zero-order valence-electron chi connectivity index (χ0n) is 18.8. The van der Waals surface area contributed by atoms with Crippen LogP contribution in [0.2, 0.25) is 0 Å². The quantitative estimate of drug-likeness (QED) is 0.394. The number of methoxy groups -OCH3 is 1. The monoisotopic (exact) mass is 459 g/mol. The number of imidazole rings is 1. The number of rotatable bonds is 5. The van der Waals surface area contributed by atoms with Gasteiger partial charge in [-0.1, -0.05) is 6.07 Å². The predicted molar refractivity (Wildman–Crippen MR) is 123 cm³/mol. The standard InChI is InChI=1S/C24H22FN7O2/c1-3-31-13-26-20-18(11-27-28-23(20)31)14-4-5-19(25)17(10-14)16-6-8-32-22(15-7-9-34-12-15)29-30-24(32)21(16)33-2/h4-6,8,10-11,13,15H,3,7,9,12H2,1-2H3. The fourth-order valence-corrected chi connectivity index (χ4v) is 4.60. The van der Waals surface area contributed by atoms with E-state index in [1.165, 1.54) is 6.07 Å². The van der Waals surface area contributed by atoms with Crippen molar-refractivity contribution >= 4 is 16.8 Å². The third-order valence-electron chi connectivity index (χ3n) is 6.37. The van der Waals surface area contributed by atoms with E-state index in [4.69, 9.17) is 9.47 Å². The van der Waals surface area contributed by atoms with Gasteiger partial charge in [-0.3, -0.25) is 4.40 Å². The smallest absolute Gasteiger partial charge is 0.203 e. The van der Waals surface area contributed by atoms with Gasteiger partial charge in [0.15, 0.2) is 11.4 Å². The largest absolute Gasteiger partial charge is 0.492 e. The molecule has 0 amide bonds. The summed E-state index contributed by atoms with van der Waals surface area (Å²) in [6, 6.07) is 6.79. The first-order valence-corrected chi connectivity index (χ1v) is 11.2. The lowest BCUT2D eigenvalue weighted by Gasteiger charge is -2.13. The highest BCUT2D eigenvalue weighted by molar-refractivity contribution is 5.91. The molecule has 1 aliphatic rings. The van der Waals surface area contributed by atoms with Gasteiger partial charge in [-0.25, -0.2) is 9.37 Å². The number of halogens is 1. The van der Waals surface area contributed by atoms with Crippen molar-refractivity contribution in [3.05, 3.63) is 54.6 Å². The van der Waals surface area contributed by atoms with E-state index in [9.17, 15) is 0 Å². The summed E-state index contributed by atoms with van der Waals surface area (Å²) in [6.45, 7) is 4.07. The van der Waals surface area contributed by atoms with E-state index in [2.05, 4.69) is 25.4 Å². The molecule has 1 saturated heterocycles. The first kappa shape index (κ1) is 20.7. The molecule has 5 aromatic rings. The molecular formula is C24H22FN7O2. The Morgan fingerprint density at radius 3 is 2.82 bits per heavy atom. The normalized spacial score (nSPS) is 16.0. The van der Waals surface area contributed by atoms with Crippen LogP contribution in [0.25, 0.3) is 39.1 Å². The van der Waals surface area contributed by atoms with Crippen molar-refractivity contribution in [1.29, 1.82) is 0 Å². The molecule has 1 fully saturated rings. The van der Waals surface area contributed by atoms with Crippen molar-refractivity contribution < 1.29 is 13.9 Å². The molecule has 1 atom stereocenters.